The van der Waals surface area contributed by atoms with Crippen LogP contribution in [0.5, 0.6) is 17.2 Å². The van der Waals surface area contributed by atoms with E-state index in [0.29, 0.717) is 35.8 Å². The molecule has 5 nitrogen and oxygen atoms in total. The molecule has 0 saturated heterocycles. The molecule has 2 unspecified atom stereocenters. The molecule has 2 aromatic carbocycles. The molecule has 0 bridgehead atoms. The van der Waals surface area contributed by atoms with Gasteiger partial charge in [0.05, 0.1) is 28.3 Å². The topological polar surface area (TPSA) is 54.0 Å². The van der Waals surface area contributed by atoms with Crippen molar-refractivity contribution in [3.8, 4) is 17.2 Å². The minimum absolute atomic E-state index is 0. The Morgan fingerprint density at radius 2 is 1.63 bits per heavy atom. The van der Waals surface area contributed by atoms with Crippen LogP contribution in [0, 0.1) is 0 Å². The summed E-state index contributed by atoms with van der Waals surface area (Å²) < 4.78 is 22.4. The Morgan fingerprint density at radius 3 is 2.11 bits per heavy atom. The van der Waals surface area contributed by atoms with Gasteiger partial charge in [-0.05, 0) is 13.3 Å². The van der Waals surface area contributed by atoms with Crippen LogP contribution in [-0.2, 0) is 4.52 Å². The van der Waals surface area contributed by atoms with Gasteiger partial charge in [0.1, 0.15) is 17.2 Å². The standard InChI is InChI=1S/C20H25O5P.Li.H/c1-5-16(19(21)14-10-8-7-9-11-14)25-15-12-17(22-3)20(26-24-6-2)18(13-15)23-4;;/h7-13,16,26H,5-6H2,1-4H3;;. The van der Waals surface area contributed by atoms with E-state index in [1.54, 1.807) is 38.5 Å². The molecule has 0 aliphatic heterocycles. The molecule has 0 aliphatic carbocycles. The summed E-state index contributed by atoms with van der Waals surface area (Å²) in [5.41, 5.74) is 0.632. The molecule has 27 heavy (non-hydrogen) atoms. The Hall–Kier alpha value is -1.50. The molecule has 2 aromatic rings. The molecular weight excluding hydrogens is 358 g/mol. The van der Waals surface area contributed by atoms with Crippen molar-refractivity contribution >= 4 is 38.8 Å². The van der Waals surface area contributed by atoms with Gasteiger partial charge in [-0.3, -0.25) is 4.79 Å². The van der Waals surface area contributed by atoms with Crippen LogP contribution >= 0.6 is 8.81 Å². The minimum atomic E-state index is -0.577. The van der Waals surface area contributed by atoms with E-state index in [1.807, 2.05) is 32.0 Å². The van der Waals surface area contributed by atoms with Crippen molar-refractivity contribution in [2.45, 2.75) is 26.4 Å². The van der Waals surface area contributed by atoms with Crippen molar-refractivity contribution in [2.24, 2.45) is 0 Å². The number of ketones is 1. The molecule has 142 valence electrons. The Balaban J connectivity index is 0.00000364. The summed E-state index contributed by atoms with van der Waals surface area (Å²) >= 11 is 0. The van der Waals surface area contributed by atoms with E-state index in [1.165, 1.54) is 0 Å². The van der Waals surface area contributed by atoms with Crippen LogP contribution in [0.15, 0.2) is 42.5 Å². The van der Waals surface area contributed by atoms with Crippen LogP contribution in [0.25, 0.3) is 0 Å². The summed E-state index contributed by atoms with van der Waals surface area (Å²) in [6.07, 6.45) is -0.0205. The van der Waals surface area contributed by atoms with E-state index in [9.17, 15) is 4.79 Å². The first kappa shape index (κ1) is 23.5. The first-order valence-corrected chi connectivity index (χ1v) is 9.45. The molecule has 7 heteroatoms. The fourth-order valence-electron chi connectivity index (χ4n) is 2.48. The molecule has 0 N–H and O–H groups in total. The Morgan fingerprint density at radius 1 is 1.04 bits per heavy atom. The predicted octanol–water partition coefficient (Wildman–Crippen LogP) is 3.35. The van der Waals surface area contributed by atoms with Gasteiger partial charge in [0.2, 0.25) is 5.78 Å². The third-order valence-electron chi connectivity index (χ3n) is 3.80. The van der Waals surface area contributed by atoms with Crippen LogP contribution in [0.4, 0.5) is 0 Å². The maximum absolute atomic E-state index is 12.7. The second-order valence-electron chi connectivity index (χ2n) is 5.48. The molecule has 0 radical (unpaired) electrons. The molecule has 2 rings (SSSR count). The fourth-order valence-corrected chi connectivity index (χ4v) is 3.31. The number of methoxy groups -OCH3 is 2. The number of carbonyl (C=O) groups excluding carboxylic acids is 1. The van der Waals surface area contributed by atoms with Gasteiger partial charge in [-0.15, -0.1) is 0 Å². The summed E-state index contributed by atoms with van der Waals surface area (Å²) in [6, 6.07) is 12.7. The zero-order valence-electron chi connectivity index (χ0n) is 15.6. The van der Waals surface area contributed by atoms with Crippen molar-refractivity contribution in [2.75, 3.05) is 20.8 Å². The van der Waals surface area contributed by atoms with Gasteiger partial charge in [0.15, 0.2) is 6.10 Å². The molecule has 0 heterocycles. The van der Waals surface area contributed by atoms with E-state index in [4.69, 9.17) is 18.7 Å². The van der Waals surface area contributed by atoms with Gasteiger partial charge in [-0.25, -0.2) is 0 Å². The number of carbonyl (C=O) groups is 1. The number of Topliss-reactive ketones (excluding diaryl/α,β-unsaturated/α-hetero) is 1. The molecule has 0 aromatic heterocycles. The molecular formula is C20H26LiO5P. The summed E-state index contributed by atoms with van der Waals surface area (Å²) in [6.45, 7) is 4.46. The van der Waals surface area contributed by atoms with Crippen LogP contribution in [0.2, 0.25) is 0 Å². The number of hydrogen-bond donors (Lipinski definition) is 0. The number of ether oxygens (including phenoxy) is 3. The third kappa shape index (κ3) is 6.26. The van der Waals surface area contributed by atoms with Gasteiger partial charge >= 0.3 is 18.9 Å². The van der Waals surface area contributed by atoms with Crippen molar-refractivity contribution in [3.05, 3.63) is 48.0 Å². The van der Waals surface area contributed by atoms with Crippen molar-refractivity contribution in [1.29, 1.82) is 0 Å². The van der Waals surface area contributed by atoms with E-state index in [2.05, 4.69) is 0 Å². The quantitative estimate of drug-likeness (QED) is 0.357. The van der Waals surface area contributed by atoms with Gasteiger partial charge in [-0.1, -0.05) is 37.3 Å². The zero-order chi connectivity index (χ0) is 18.9. The molecule has 0 fully saturated rings. The predicted molar refractivity (Wildman–Crippen MR) is 112 cm³/mol. The Labute approximate surface area is 174 Å². The van der Waals surface area contributed by atoms with Gasteiger partial charge in [0, 0.05) is 24.3 Å². The molecule has 0 amide bonds. The number of benzene rings is 2. The Kier molecular flexibility index (Phi) is 10.5. The molecule has 0 spiro atoms. The van der Waals surface area contributed by atoms with Crippen LogP contribution in [-0.4, -0.2) is 51.6 Å². The van der Waals surface area contributed by atoms with Crippen LogP contribution in [0.1, 0.15) is 30.6 Å². The van der Waals surface area contributed by atoms with E-state index < -0.39 is 6.10 Å². The molecule has 0 saturated carbocycles. The van der Waals surface area contributed by atoms with Crippen molar-refractivity contribution < 1.29 is 23.5 Å². The van der Waals surface area contributed by atoms with Crippen LogP contribution in [0.3, 0.4) is 0 Å². The average molecular weight is 384 g/mol. The fraction of sp³-hybridized carbons (Fsp3) is 0.350. The maximum atomic E-state index is 12.7. The third-order valence-corrected chi connectivity index (χ3v) is 4.93. The van der Waals surface area contributed by atoms with E-state index in [0.717, 1.165) is 5.30 Å². The summed E-state index contributed by atoms with van der Waals surface area (Å²) in [7, 11) is 3.29. The number of rotatable bonds is 10. The monoisotopic (exact) mass is 384 g/mol. The first-order valence-electron chi connectivity index (χ1n) is 8.54. The normalized spacial score (nSPS) is 11.7. The van der Waals surface area contributed by atoms with Gasteiger partial charge < -0.3 is 18.7 Å². The summed E-state index contributed by atoms with van der Waals surface area (Å²) in [4.78, 5) is 12.7. The van der Waals surface area contributed by atoms with Gasteiger partial charge in [0.25, 0.3) is 0 Å². The van der Waals surface area contributed by atoms with E-state index in [-0.39, 0.29) is 33.5 Å². The molecule has 2 atom stereocenters. The van der Waals surface area contributed by atoms with E-state index >= 15 is 0 Å². The Bertz CT molecular complexity index is 699. The van der Waals surface area contributed by atoms with Crippen LogP contribution < -0.4 is 19.5 Å². The van der Waals surface area contributed by atoms with Crippen molar-refractivity contribution in [1.82, 2.24) is 0 Å². The zero-order valence-corrected chi connectivity index (χ0v) is 16.6. The van der Waals surface area contributed by atoms with Gasteiger partial charge in [-0.2, -0.15) is 0 Å². The SMILES string of the molecule is CCOPc1c(OC)cc(OC(CC)C(=O)c2ccccc2)cc1OC.[LiH]. The second-order valence-corrected chi connectivity index (χ2v) is 6.48. The second kappa shape index (κ2) is 12.1. The summed E-state index contributed by atoms with van der Waals surface area (Å²) in [5, 5.41) is 0.839. The van der Waals surface area contributed by atoms with Crippen molar-refractivity contribution in [3.63, 3.8) is 0 Å². The summed E-state index contributed by atoms with van der Waals surface area (Å²) in [5.74, 6) is 1.72. The number of hydrogen-bond acceptors (Lipinski definition) is 5. The average Bonchev–Trinajstić information content (AvgIpc) is 2.70. The first-order chi connectivity index (χ1) is 12.6. The molecule has 0 aliphatic rings.